The SMILES string of the molecule is CCc1ccc(C(=O)N2CCN(c3nc(C4CC4)nc4sc5c(c34)CC[C@@H](C)C5)CC2)cc1. The number of hydrogen-bond donors (Lipinski definition) is 0. The standard InChI is InChI=1S/C27H32N4OS/c1-3-18-5-7-20(8-6-18)27(32)31-14-12-30(13-15-31)25-23-21-11-4-17(2)16-22(21)33-26(23)29-24(28-25)19-9-10-19/h5-8,17,19H,3-4,9-16H2,1-2H3/t17-/m1/s1. The molecule has 0 spiro atoms. The Labute approximate surface area is 199 Å². The van der Waals surface area contributed by atoms with Gasteiger partial charge >= 0.3 is 0 Å². The van der Waals surface area contributed by atoms with Crippen LogP contribution in [0.1, 0.15) is 71.2 Å². The maximum atomic E-state index is 13.1. The smallest absolute Gasteiger partial charge is 0.253 e. The van der Waals surface area contributed by atoms with Crippen molar-refractivity contribution in [2.24, 2.45) is 5.92 Å². The number of aromatic nitrogens is 2. The van der Waals surface area contributed by atoms with E-state index in [4.69, 9.17) is 9.97 Å². The molecule has 0 radical (unpaired) electrons. The van der Waals surface area contributed by atoms with E-state index < -0.39 is 0 Å². The summed E-state index contributed by atoms with van der Waals surface area (Å²) in [6, 6.07) is 8.09. The molecule has 0 unspecified atom stereocenters. The van der Waals surface area contributed by atoms with Crippen LogP contribution in [0.3, 0.4) is 0 Å². The molecule has 3 aliphatic rings. The molecule has 0 bridgehead atoms. The van der Waals surface area contributed by atoms with Gasteiger partial charge in [0.2, 0.25) is 0 Å². The van der Waals surface area contributed by atoms with Crippen LogP contribution >= 0.6 is 11.3 Å². The number of piperazine rings is 1. The lowest BCUT2D eigenvalue weighted by Crippen LogP contribution is -2.49. The number of carbonyl (C=O) groups excluding carboxylic acids is 1. The van der Waals surface area contributed by atoms with E-state index in [2.05, 4.69) is 30.9 Å². The molecule has 0 N–H and O–H groups in total. The molecule has 1 aromatic carbocycles. The fourth-order valence-electron chi connectivity index (χ4n) is 5.28. The average Bonchev–Trinajstić information content (AvgIpc) is 3.64. The van der Waals surface area contributed by atoms with Crippen molar-refractivity contribution in [1.82, 2.24) is 14.9 Å². The molecule has 3 heterocycles. The van der Waals surface area contributed by atoms with Gasteiger partial charge in [-0.1, -0.05) is 26.0 Å². The number of benzene rings is 1. The van der Waals surface area contributed by atoms with Crippen molar-refractivity contribution < 1.29 is 4.79 Å². The Balaban J connectivity index is 1.27. The number of thiophene rings is 1. The molecule has 172 valence electrons. The van der Waals surface area contributed by atoms with E-state index in [1.54, 1.807) is 0 Å². The first kappa shape index (κ1) is 21.1. The average molecular weight is 461 g/mol. The quantitative estimate of drug-likeness (QED) is 0.536. The van der Waals surface area contributed by atoms with E-state index in [9.17, 15) is 4.79 Å². The van der Waals surface area contributed by atoms with Gasteiger partial charge in [-0.15, -0.1) is 11.3 Å². The summed E-state index contributed by atoms with van der Waals surface area (Å²) < 4.78 is 0. The van der Waals surface area contributed by atoms with Crippen molar-refractivity contribution >= 4 is 33.3 Å². The van der Waals surface area contributed by atoms with Gasteiger partial charge in [0.25, 0.3) is 5.91 Å². The maximum Gasteiger partial charge on any atom is 0.253 e. The minimum Gasteiger partial charge on any atom is -0.352 e. The van der Waals surface area contributed by atoms with Gasteiger partial charge < -0.3 is 9.80 Å². The zero-order valence-corrected chi connectivity index (χ0v) is 20.5. The van der Waals surface area contributed by atoms with Crippen molar-refractivity contribution in [3.8, 4) is 0 Å². The molecule has 33 heavy (non-hydrogen) atoms. The predicted octanol–water partition coefficient (Wildman–Crippen LogP) is 5.22. The minimum absolute atomic E-state index is 0.144. The van der Waals surface area contributed by atoms with Crippen molar-refractivity contribution in [1.29, 1.82) is 0 Å². The van der Waals surface area contributed by atoms with Gasteiger partial charge in [0.15, 0.2) is 0 Å². The van der Waals surface area contributed by atoms with Gasteiger partial charge in [-0.05, 0) is 67.7 Å². The Bertz CT molecular complexity index is 1190. The fourth-order valence-corrected chi connectivity index (χ4v) is 6.66. The number of amides is 1. The van der Waals surface area contributed by atoms with E-state index in [-0.39, 0.29) is 5.91 Å². The third kappa shape index (κ3) is 3.92. The lowest BCUT2D eigenvalue weighted by atomic mass is 9.89. The molecule has 1 saturated heterocycles. The molecule has 1 saturated carbocycles. The summed E-state index contributed by atoms with van der Waals surface area (Å²) in [6.07, 6.45) is 6.99. The second kappa shape index (κ2) is 8.39. The summed E-state index contributed by atoms with van der Waals surface area (Å²) in [5.41, 5.74) is 3.56. The molecule has 2 aliphatic carbocycles. The number of fused-ring (bicyclic) bond motifs is 3. The molecule has 1 atom stereocenters. The second-order valence-corrected chi connectivity index (χ2v) is 11.1. The van der Waals surface area contributed by atoms with Gasteiger partial charge in [0.05, 0.1) is 5.39 Å². The highest BCUT2D eigenvalue weighted by molar-refractivity contribution is 7.19. The summed E-state index contributed by atoms with van der Waals surface area (Å²) in [7, 11) is 0. The zero-order valence-electron chi connectivity index (χ0n) is 19.6. The number of aryl methyl sites for hydroxylation is 2. The van der Waals surface area contributed by atoms with Crippen molar-refractivity contribution in [3.63, 3.8) is 0 Å². The Hall–Kier alpha value is -2.47. The number of nitrogens with zero attached hydrogens (tertiary/aromatic N) is 4. The maximum absolute atomic E-state index is 13.1. The first-order valence-corrected chi connectivity index (χ1v) is 13.4. The van der Waals surface area contributed by atoms with E-state index in [1.165, 1.54) is 51.9 Å². The Morgan fingerprint density at radius 3 is 2.52 bits per heavy atom. The molecule has 1 aliphatic heterocycles. The van der Waals surface area contributed by atoms with Gasteiger partial charge in [0, 0.05) is 42.5 Å². The second-order valence-electron chi connectivity index (χ2n) is 10.0. The summed E-state index contributed by atoms with van der Waals surface area (Å²) >= 11 is 1.90. The summed E-state index contributed by atoms with van der Waals surface area (Å²) in [5.74, 6) is 3.61. The zero-order chi connectivity index (χ0) is 22.5. The Kier molecular flexibility index (Phi) is 5.36. The molecule has 5 nitrogen and oxygen atoms in total. The molecular weight excluding hydrogens is 428 g/mol. The topological polar surface area (TPSA) is 49.3 Å². The Morgan fingerprint density at radius 1 is 1.06 bits per heavy atom. The van der Waals surface area contributed by atoms with Crippen molar-refractivity contribution in [2.45, 2.75) is 58.3 Å². The van der Waals surface area contributed by atoms with Gasteiger partial charge in [-0.25, -0.2) is 9.97 Å². The highest BCUT2D eigenvalue weighted by Crippen LogP contribution is 2.44. The molecular formula is C27H32N4OS. The lowest BCUT2D eigenvalue weighted by molar-refractivity contribution is 0.0746. The summed E-state index contributed by atoms with van der Waals surface area (Å²) in [4.78, 5) is 30.4. The Morgan fingerprint density at radius 2 is 1.82 bits per heavy atom. The largest absolute Gasteiger partial charge is 0.352 e. The van der Waals surface area contributed by atoms with Crippen LogP contribution in [0.4, 0.5) is 5.82 Å². The first-order valence-electron chi connectivity index (χ1n) is 12.6. The van der Waals surface area contributed by atoms with Crippen molar-refractivity contribution in [3.05, 3.63) is 51.7 Å². The van der Waals surface area contributed by atoms with Gasteiger partial charge in [-0.3, -0.25) is 4.79 Å². The molecule has 3 aromatic rings. The fraction of sp³-hybridized carbons (Fsp3) is 0.519. The molecule has 2 aromatic heterocycles. The number of hydrogen-bond acceptors (Lipinski definition) is 5. The number of rotatable bonds is 4. The van der Waals surface area contributed by atoms with E-state index in [0.29, 0.717) is 5.92 Å². The van der Waals surface area contributed by atoms with E-state index in [1.807, 2.05) is 28.4 Å². The predicted molar refractivity (Wildman–Crippen MR) is 135 cm³/mol. The monoisotopic (exact) mass is 460 g/mol. The van der Waals surface area contributed by atoms with Crippen LogP contribution in [0, 0.1) is 5.92 Å². The number of anilines is 1. The van der Waals surface area contributed by atoms with Crippen LogP contribution in [0.5, 0.6) is 0 Å². The highest BCUT2D eigenvalue weighted by Gasteiger charge is 2.32. The van der Waals surface area contributed by atoms with Crippen LogP contribution in [-0.2, 0) is 19.3 Å². The van der Waals surface area contributed by atoms with E-state index >= 15 is 0 Å². The van der Waals surface area contributed by atoms with Gasteiger partial charge in [0.1, 0.15) is 16.5 Å². The number of carbonyl (C=O) groups is 1. The van der Waals surface area contributed by atoms with Crippen LogP contribution in [-0.4, -0.2) is 47.0 Å². The molecule has 1 amide bonds. The van der Waals surface area contributed by atoms with E-state index in [0.717, 1.165) is 62.1 Å². The third-order valence-electron chi connectivity index (χ3n) is 7.57. The van der Waals surface area contributed by atoms with Crippen LogP contribution < -0.4 is 4.90 Å². The van der Waals surface area contributed by atoms with Crippen molar-refractivity contribution in [2.75, 3.05) is 31.1 Å². The molecule has 2 fully saturated rings. The molecule has 6 heteroatoms. The van der Waals surface area contributed by atoms with Crippen LogP contribution in [0.2, 0.25) is 0 Å². The summed E-state index contributed by atoms with van der Waals surface area (Å²) in [5, 5.41) is 1.31. The normalized spacial score (nSPS) is 20.8. The summed E-state index contributed by atoms with van der Waals surface area (Å²) in [6.45, 7) is 7.64. The highest BCUT2D eigenvalue weighted by atomic mass is 32.1. The first-order chi connectivity index (χ1) is 16.1. The van der Waals surface area contributed by atoms with Crippen LogP contribution in [0.25, 0.3) is 10.2 Å². The third-order valence-corrected chi connectivity index (χ3v) is 8.72. The van der Waals surface area contributed by atoms with Crippen LogP contribution in [0.15, 0.2) is 24.3 Å². The minimum atomic E-state index is 0.144. The molecule has 6 rings (SSSR count). The van der Waals surface area contributed by atoms with Gasteiger partial charge in [-0.2, -0.15) is 0 Å². The lowest BCUT2D eigenvalue weighted by Gasteiger charge is -2.36.